The highest BCUT2D eigenvalue weighted by molar-refractivity contribution is 9.10. The lowest BCUT2D eigenvalue weighted by Crippen LogP contribution is -2.17. The molecule has 1 heterocycles. The third-order valence-corrected chi connectivity index (χ3v) is 3.28. The molecule has 0 aliphatic rings. The molecule has 0 radical (unpaired) electrons. The number of aromatic amines is 1. The average Bonchev–Trinajstić information content (AvgIpc) is 2.58. The Bertz CT molecular complexity index is 562. The molecule has 1 aromatic carbocycles. The van der Waals surface area contributed by atoms with E-state index in [1.54, 1.807) is 0 Å². The average molecular weight is 308 g/mol. The first-order valence-corrected chi connectivity index (χ1v) is 5.59. The van der Waals surface area contributed by atoms with Crippen molar-refractivity contribution in [3.63, 3.8) is 0 Å². The van der Waals surface area contributed by atoms with Gasteiger partial charge in [0.1, 0.15) is 0 Å². The Labute approximate surface area is 103 Å². The van der Waals surface area contributed by atoms with Crippen molar-refractivity contribution in [3.8, 4) is 0 Å². The van der Waals surface area contributed by atoms with E-state index in [-0.39, 0.29) is 11.4 Å². The molecule has 7 heteroatoms. The molecule has 2 aromatic rings. The number of aromatic nitrogens is 2. The smallest absolute Gasteiger partial charge is 0.382 e. The number of hydrogen-bond donors (Lipinski definition) is 2. The first-order valence-electron chi connectivity index (χ1n) is 4.80. The molecule has 0 fully saturated rings. The van der Waals surface area contributed by atoms with Crippen LogP contribution < -0.4 is 5.73 Å². The van der Waals surface area contributed by atoms with Crippen molar-refractivity contribution in [3.05, 3.63) is 22.2 Å². The minimum atomic E-state index is -4.27. The third kappa shape index (κ3) is 2.11. The number of nitrogen functional groups attached to an aromatic ring is 1. The highest BCUT2D eigenvalue weighted by atomic mass is 79.9. The van der Waals surface area contributed by atoms with Crippen LogP contribution in [-0.2, 0) is 0 Å². The summed E-state index contributed by atoms with van der Waals surface area (Å²) >= 11 is 3.21. The molecule has 1 aromatic heterocycles. The van der Waals surface area contributed by atoms with Crippen molar-refractivity contribution >= 4 is 32.7 Å². The van der Waals surface area contributed by atoms with Gasteiger partial charge in [-0.2, -0.15) is 18.3 Å². The lowest BCUT2D eigenvalue weighted by Gasteiger charge is -2.16. The van der Waals surface area contributed by atoms with Crippen LogP contribution in [0.15, 0.2) is 16.6 Å². The molecule has 0 aliphatic heterocycles. The van der Waals surface area contributed by atoms with Crippen LogP contribution in [0.1, 0.15) is 18.4 Å². The molecule has 0 unspecified atom stereocenters. The van der Waals surface area contributed by atoms with Gasteiger partial charge in [-0.15, -0.1) is 0 Å². The maximum Gasteiger partial charge on any atom is 0.395 e. The highest BCUT2D eigenvalue weighted by Gasteiger charge is 2.37. The minimum Gasteiger partial charge on any atom is -0.382 e. The Morgan fingerprint density at radius 2 is 2.06 bits per heavy atom. The van der Waals surface area contributed by atoms with Crippen LogP contribution in [0.2, 0.25) is 0 Å². The number of alkyl halides is 3. The van der Waals surface area contributed by atoms with Crippen molar-refractivity contribution in [2.24, 2.45) is 0 Å². The molecule has 2 rings (SSSR count). The van der Waals surface area contributed by atoms with Gasteiger partial charge in [0.2, 0.25) is 0 Å². The summed E-state index contributed by atoms with van der Waals surface area (Å²) in [7, 11) is 0. The van der Waals surface area contributed by atoms with Gasteiger partial charge in [-0.25, -0.2) is 0 Å². The second kappa shape index (κ2) is 3.90. The quantitative estimate of drug-likeness (QED) is 0.846. The van der Waals surface area contributed by atoms with E-state index in [4.69, 9.17) is 5.73 Å². The summed E-state index contributed by atoms with van der Waals surface area (Å²) in [4.78, 5) is 0. The molecule has 17 heavy (non-hydrogen) atoms. The van der Waals surface area contributed by atoms with Crippen LogP contribution in [0.5, 0.6) is 0 Å². The topological polar surface area (TPSA) is 54.7 Å². The second-order valence-corrected chi connectivity index (χ2v) is 4.65. The zero-order chi connectivity index (χ0) is 12.8. The van der Waals surface area contributed by atoms with Gasteiger partial charge in [0.15, 0.2) is 5.82 Å². The monoisotopic (exact) mass is 307 g/mol. The highest BCUT2D eigenvalue weighted by Crippen LogP contribution is 2.38. The van der Waals surface area contributed by atoms with Crippen molar-refractivity contribution in [2.45, 2.75) is 19.0 Å². The van der Waals surface area contributed by atoms with Crippen molar-refractivity contribution in [1.82, 2.24) is 10.2 Å². The fourth-order valence-corrected chi connectivity index (χ4v) is 2.27. The van der Waals surface area contributed by atoms with Gasteiger partial charge in [0.25, 0.3) is 0 Å². The predicted octanol–water partition coefficient (Wildman–Crippen LogP) is 3.57. The normalized spacial score (nSPS) is 14.2. The largest absolute Gasteiger partial charge is 0.395 e. The van der Waals surface area contributed by atoms with E-state index in [1.807, 2.05) is 0 Å². The molecular formula is C10H9BrF3N3. The van der Waals surface area contributed by atoms with E-state index in [9.17, 15) is 13.2 Å². The third-order valence-electron chi connectivity index (χ3n) is 2.66. The number of rotatable bonds is 1. The van der Waals surface area contributed by atoms with Crippen LogP contribution in [0, 0.1) is 0 Å². The van der Waals surface area contributed by atoms with Gasteiger partial charge >= 0.3 is 6.18 Å². The summed E-state index contributed by atoms with van der Waals surface area (Å²) in [6.45, 7) is 1.12. The number of nitrogens with zero attached hydrogens (tertiary/aromatic N) is 1. The molecule has 0 amide bonds. The van der Waals surface area contributed by atoms with Gasteiger partial charge in [-0.05, 0) is 40.5 Å². The van der Waals surface area contributed by atoms with Crippen LogP contribution >= 0.6 is 15.9 Å². The van der Waals surface area contributed by atoms with Crippen LogP contribution in [0.25, 0.3) is 10.9 Å². The molecule has 3 nitrogen and oxygen atoms in total. The Morgan fingerprint density at radius 1 is 1.41 bits per heavy atom. The summed E-state index contributed by atoms with van der Waals surface area (Å²) in [6.07, 6.45) is -4.27. The fraction of sp³-hybridized carbons (Fsp3) is 0.300. The Balaban J connectivity index is 2.58. The Hall–Kier alpha value is -1.24. The molecule has 0 saturated heterocycles. The van der Waals surface area contributed by atoms with E-state index in [2.05, 4.69) is 26.1 Å². The second-order valence-electron chi connectivity index (χ2n) is 3.80. The number of benzene rings is 1. The summed E-state index contributed by atoms with van der Waals surface area (Å²) < 4.78 is 38.3. The van der Waals surface area contributed by atoms with E-state index < -0.39 is 12.1 Å². The number of hydrogen-bond acceptors (Lipinski definition) is 2. The predicted molar refractivity (Wildman–Crippen MR) is 62.7 cm³/mol. The molecule has 0 bridgehead atoms. The number of nitrogens with two attached hydrogens (primary N) is 1. The number of anilines is 1. The number of nitrogens with one attached hydrogen (secondary N) is 1. The van der Waals surface area contributed by atoms with Gasteiger partial charge in [0, 0.05) is 4.47 Å². The lowest BCUT2D eigenvalue weighted by molar-refractivity contribution is -0.146. The first kappa shape index (κ1) is 12.2. The van der Waals surface area contributed by atoms with Crippen LogP contribution in [0.3, 0.4) is 0 Å². The molecular weight excluding hydrogens is 299 g/mol. The fourth-order valence-electron chi connectivity index (χ4n) is 1.59. The van der Waals surface area contributed by atoms with Gasteiger partial charge in [-0.3, -0.25) is 5.10 Å². The van der Waals surface area contributed by atoms with Crippen molar-refractivity contribution in [2.75, 3.05) is 5.73 Å². The SMILES string of the molecule is C[C@H](c1cc(Br)c2c(N)n[nH]c2c1)C(F)(F)F. The standard InChI is InChI=1S/C10H9BrF3N3/c1-4(10(12,13)14)5-2-6(11)8-7(3-5)16-17-9(8)15/h2-4H,1H3,(H3,15,16,17)/t4-/m1/s1. The van der Waals surface area contributed by atoms with Crippen molar-refractivity contribution in [1.29, 1.82) is 0 Å². The Morgan fingerprint density at radius 3 is 2.65 bits per heavy atom. The van der Waals surface area contributed by atoms with Gasteiger partial charge in [0.05, 0.1) is 16.8 Å². The maximum absolute atomic E-state index is 12.6. The minimum absolute atomic E-state index is 0.167. The zero-order valence-corrected chi connectivity index (χ0v) is 10.4. The van der Waals surface area contributed by atoms with E-state index in [0.717, 1.165) is 6.92 Å². The summed E-state index contributed by atoms with van der Waals surface area (Å²) in [5, 5.41) is 6.96. The number of halogens is 4. The van der Waals surface area contributed by atoms with Crippen molar-refractivity contribution < 1.29 is 13.2 Å². The first-order chi connectivity index (χ1) is 7.80. The van der Waals surface area contributed by atoms with Crippen LogP contribution in [0.4, 0.5) is 19.0 Å². The number of fused-ring (bicyclic) bond motifs is 1. The number of H-pyrrole nitrogens is 1. The van der Waals surface area contributed by atoms with E-state index >= 15 is 0 Å². The van der Waals surface area contributed by atoms with Gasteiger partial charge in [-0.1, -0.05) is 0 Å². The van der Waals surface area contributed by atoms with E-state index in [0.29, 0.717) is 15.4 Å². The molecule has 1 atom stereocenters. The Kier molecular flexibility index (Phi) is 2.81. The van der Waals surface area contributed by atoms with Crippen LogP contribution in [-0.4, -0.2) is 16.4 Å². The lowest BCUT2D eigenvalue weighted by atomic mass is 9.99. The molecule has 0 saturated carbocycles. The van der Waals surface area contributed by atoms with Gasteiger partial charge < -0.3 is 5.73 Å². The molecule has 3 N–H and O–H groups in total. The maximum atomic E-state index is 12.6. The van der Waals surface area contributed by atoms with E-state index in [1.165, 1.54) is 12.1 Å². The zero-order valence-electron chi connectivity index (χ0n) is 8.77. The summed E-state index contributed by atoms with van der Waals surface area (Å²) in [5.74, 6) is -1.27. The molecule has 92 valence electrons. The molecule has 0 spiro atoms. The molecule has 0 aliphatic carbocycles. The summed E-state index contributed by atoms with van der Waals surface area (Å²) in [6, 6.07) is 2.84. The summed E-state index contributed by atoms with van der Waals surface area (Å²) in [5.41, 5.74) is 6.25.